The number of aliphatic carboxylic acids is 1. The molecule has 0 fully saturated rings. The third-order valence-electron chi connectivity index (χ3n) is 2.34. The zero-order valence-electron chi connectivity index (χ0n) is 9.45. The average Bonchev–Trinajstić information content (AvgIpc) is 2.20. The minimum Gasteiger partial charge on any atom is -0.478 e. The van der Waals surface area contributed by atoms with Crippen LogP contribution in [0, 0.1) is 0 Å². The molecule has 0 aliphatic carbocycles. The van der Waals surface area contributed by atoms with Gasteiger partial charge in [0.05, 0.1) is 0 Å². The van der Waals surface area contributed by atoms with Crippen LogP contribution in [-0.4, -0.2) is 17.6 Å². The molecule has 0 aromatic rings. The van der Waals surface area contributed by atoms with E-state index in [1.165, 1.54) is 38.2 Å². The van der Waals surface area contributed by atoms with E-state index >= 15 is 0 Å². The molecule has 0 bridgehead atoms. The fraction of sp³-hybridized carbons (Fsp3) is 0.750. The van der Waals surface area contributed by atoms with Gasteiger partial charge in [-0.15, -0.1) is 0 Å². The highest BCUT2D eigenvalue weighted by Crippen LogP contribution is 2.08. The molecular weight excluding hydrogens is 190 g/mol. The Labute approximate surface area is 92.4 Å². The van der Waals surface area contributed by atoms with E-state index in [-0.39, 0.29) is 0 Å². The Kier molecular flexibility index (Phi) is 10.6. The Bertz CT molecular complexity index is 178. The molecule has 3 nitrogen and oxygen atoms in total. The van der Waals surface area contributed by atoms with Crippen molar-refractivity contribution in [3.8, 4) is 0 Å². The van der Waals surface area contributed by atoms with Crippen LogP contribution in [0.4, 0.5) is 0 Å². The van der Waals surface area contributed by atoms with Gasteiger partial charge < -0.3 is 10.8 Å². The van der Waals surface area contributed by atoms with Crippen molar-refractivity contribution in [2.24, 2.45) is 5.73 Å². The fourth-order valence-electron chi connectivity index (χ4n) is 1.47. The highest BCUT2D eigenvalue weighted by atomic mass is 16.4. The van der Waals surface area contributed by atoms with Gasteiger partial charge in [-0.25, -0.2) is 4.79 Å². The second-order valence-corrected chi connectivity index (χ2v) is 3.79. The summed E-state index contributed by atoms with van der Waals surface area (Å²) in [6, 6.07) is 0. The van der Waals surface area contributed by atoms with Crippen molar-refractivity contribution in [2.75, 3.05) is 6.54 Å². The Hall–Kier alpha value is -0.830. The number of carboxylic acids is 1. The van der Waals surface area contributed by atoms with Crippen molar-refractivity contribution in [3.63, 3.8) is 0 Å². The van der Waals surface area contributed by atoms with Gasteiger partial charge in [0.15, 0.2) is 0 Å². The van der Waals surface area contributed by atoms with Gasteiger partial charge in [0.25, 0.3) is 0 Å². The minimum absolute atomic E-state index is 0.806. The molecule has 88 valence electrons. The maximum absolute atomic E-state index is 10.1. The van der Waals surface area contributed by atoms with E-state index in [2.05, 4.69) is 0 Å². The van der Waals surface area contributed by atoms with Gasteiger partial charge in [0.1, 0.15) is 0 Å². The highest BCUT2D eigenvalue weighted by Gasteiger charge is 1.90. The number of allylic oxidation sites excluding steroid dienone is 1. The number of rotatable bonds is 10. The molecule has 0 saturated heterocycles. The predicted molar refractivity (Wildman–Crippen MR) is 62.8 cm³/mol. The van der Waals surface area contributed by atoms with E-state index in [1.807, 2.05) is 0 Å². The van der Waals surface area contributed by atoms with Crippen molar-refractivity contribution in [1.29, 1.82) is 0 Å². The summed E-state index contributed by atoms with van der Waals surface area (Å²) < 4.78 is 0. The summed E-state index contributed by atoms with van der Waals surface area (Å²) in [4.78, 5) is 10.1. The van der Waals surface area contributed by atoms with Crippen LogP contribution in [0.15, 0.2) is 12.2 Å². The molecule has 0 heterocycles. The molecule has 0 saturated carbocycles. The van der Waals surface area contributed by atoms with E-state index in [1.54, 1.807) is 6.08 Å². The van der Waals surface area contributed by atoms with Crippen molar-refractivity contribution in [2.45, 2.75) is 51.4 Å². The van der Waals surface area contributed by atoms with Crippen molar-refractivity contribution < 1.29 is 9.90 Å². The van der Waals surface area contributed by atoms with E-state index in [9.17, 15) is 4.79 Å². The molecular formula is C12H23NO2. The van der Waals surface area contributed by atoms with Crippen LogP contribution in [-0.2, 0) is 4.79 Å². The molecule has 0 radical (unpaired) electrons. The Balaban J connectivity index is 3.02. The SMILES string of the molecule is NCCCCCCCCC/C=C\C(=O)O. The summed E-state index contributed by atoms with van der Waals surface area (Å²) in [5.74, 6) is -0.850. The fourth-order valence-corrected chi connectivity index (χ4v) is 1.47. The van der Waals surface area contributed by atoms with Gasteiger partial charge >= 0.3 is 5.97 Å². The third kappa shape index (κ3) is 13.2. The van der Waals surface area contributed by atoms with E-state index in [0.29, 0.717) is 0 Å². The van der Waals surface area contributed by atoms with Crippen molar-refractivity contribution in [1.82, 2.24) is 0 Å². The summed E-state index contributed by atoms with van der Waals surface area (Å²) in [5.41, 5.74) is 5.39. The van der Waals surface area contributed by atoms with E-state index in [4.69, 9.17) is 10.8 Å². The number of carbonyl (C=O) groups is 1. The second kappa shape index (κ2) is 11.2. The monoisotopic (exact) mass is 213 g/mol. The number of unbranched alkanes of at least 4 members (excludes halogenated alkanes) is 7. The van der Waals surface area contributed by atoms with Crippen LogP contribution >= 0.6 is 0 Å². The molecule has 0 spiro atoms. The minimum atomic E-state index is -0.850. The lowest BCUT2D eigenvalue weighted by molar-refractivity contribution is -0.131. The molecule has 3 N–H and O–H groups in total. The maximum Gasteiger partial charge on any atom is 0.327 e. The van der Waals surface area contributed by atoms with Gasteiger partial charge in [-0.1, -0.05) is 38.2 Å². The smallest absolute Gasteiger partial charge is 0.327 e. The summed E-state index contributed by atoms with van der Waals surface area (Å²) in [5, 5.41) is 8.34. The maximum atomic E-state index is 10.1. The lowest BCUT2D eigenvalue weighted by Crippen LogP contribution is -1.97. The van der Waals surface area contributed by atoms with Crippen LogP contribution in [0.1, 0.15) is 51.4 Å². The lowest BCUT2D eigenvalue weighted by atomic mass is 10.1. The van der Waals surface area contributed by atoms with Crippen LogP contribution in [0.2, 0.25) is 0 Å². The molecule has 0 aromatic heterocycles. The number of hydrogen-bond acceptors (Lipinski definition) is 2. The summed E-state index contributed by atoms with van der Waals surface area (Å²) in [6.45, 7) is 0.806. The molecule has 3 heteroatoms. The Morgan fingerprint density at radius 2 is 1.53 bits per heavy atom. The first-order valence-electron chi connectivity index (χ1n) is 5.87. The molecule has 15 heavy (non-hydrogen) atoms. The standard InChI is InChI=1S/C12H23NO2/c13-11-9-7-5-3-1-2-4-6-8-10-12(14)15/h8,10H,1-7,9,11,13H2,(H,14,15)/b10-8-. The highest BCUT2D eigenvalue weighted by molar-refractivity contribution is 5.79. The molecule has 0 aliphatic rings. The second-order valence-electron chi connectivity index (χ2n) is 3.79. The molecule has 0 aliphatic heterocycles. The van der Waals surface area contributed by atoms with Gasteiger partial charge in [-0.3, -0.25) is 0 Å². The third-order valence-corrected chi connectivity index (χ3v) is 2.34. The van der Waals surface area contributed by atoms with Crippen LogP contribution < -0.4 is 5.73 Å². The summed E-state index contributed by atoms with van der Waals surface area (Å²) in [7, 11) is 0. The Morgan fingerprint density at radius 1 is 1.00 bits per heavy atom. The zero-order chi connectivity index (χ0) is 11.4. The number of carboxylic acid groups (broad SMARTS) is 1. The largest absolute Gasteiger partial charge is 0.478 e. The summed E-state index contributed by atoms with van der Waals surface area (Å²) in [6.07, 6.45) is 12.3. The van der Waals surface area contributed by atoms with E-state index in [0.717, 1.165) is 25.8 Å². The van der Waals surface area contributed by atoms with E-state index < -0.39 is 5.97 Å². The normalized spacial score (nSPS) is 11.0. The van der Waals surface area contributed by atoms with Crippen LogP contribution in [0.25, 0.3) is 0 Å². The Morgan fingerprint density at radius 3 is 2.07 bits per heavy atom. The zero-order valence-corrected chi connectivity index (χ0v) is 9.45. The molecule has 0 unspecified atom stereocenters. The van der Waals surface area contributed by atoms with Crippen LogP contribution in [0.5, 0.6) is 0 Å². The first kappa shape index (κ1) is 14.2. The number of hydrogen-bond donors (Lipinski definition) is 2. The van der Waals surface area contributed by atoms with Crippen molar-refractivity contribution in [3.05, 3.63) is 12.2 Å². The van der Waals surface area contributed by atoms with Gasteiger partial charge in [0, 0.05) is 6.08 Å². The number of nitrogens with two attached hydrogens (primary N) is 1. The summed E-state index contributed by atoms with van der Waals surface area (Å²) >= 11 is 0. The van der Waals surface area contributed by atoms with Gasteiger partial charge in [0.2, 0.25) is 0 Å². The molecule has 0 rings (SSSR count). The first-order chi connectivity index (χ1) is 7.27. The quantitative estimate of drug-likeness (QED) is 0.433. The van der Waals surface area contributed by atoms with Crippen LogP contribution in [0.3, 0.4) is 0 Å². The molecule has 0 aromatic carbocycles. The molecule has 0 atom stereocenters. The lowest BCUT2D eigenvalue weighted by Gasteiger charge is -1.99. The predicted octanol–water partition coefficient (Wildman–Crippen LogP) is 2.71. The van der Waals surface area contributed by atoms with Gasteiger partial charge in [-0.05, 0) is 25.8 Å². The van der Waals surface area contributed by atoms with Crippen molar-refractivity contribution >= 4 is 5.97 Å². The van der Waals surface area contributed by atoms with Gasteiger partial charge in [-0.2, -0.15) is 0 Å². The average molecular weight is 213 g/mol. The first-order valence-corrected chi connectivity index (χ1v) is 5.87. The molecule has 0 amide bonds. The topological polar surface area (TPSA) is 63.3 Å².